The van der Waals surface area contributed by atoms with E-state index in [4.69, 9.17) is 32.9 Å². The first-order valence-electron chi connectivity index (χ1n) is 13.0. The summed E-state index contributed by atoms with van der Waals surface area (Å²) in [6.45, 7) is 10.00. The third-order valence-electron chi connectivity index (χ3n) is 6.51. The van der Waals surface area contributed by atoms with E-state index >= 15 is 0 Å². The van der Waals surface area contributed by atoms with Gasteiger partial charge in [-0.25, -0.2) is 4.98 Å². The van der Waals surface area contributed by atoms with Gasteiger partial charge >= 0.3 is 0 Å². The predicted octanol–water partition coefficient (Wildman–Crippen LogP) is 6.49. The lowest BCUT2D eigenvalue weighted by Crippen LogP contribution is -2.34. The normalized spacial score (nSPS) is 11.5. The Labute approximate surface area is 244 Å². The van der Waals surface area contributed by atoms with E-state index in [0.29, 0.717) is 57.0 Å². The number of rotatable bonds is 8. The first-order valence-corrected chi connectivity index (χ1v) is 13.7. The van der Waals surface area contributed by atoms with E-state index in [1.807, 2.05) is 64.4 Å². The number of pyridine rings is 1. The van der Waals surface area contributed by atoms with Gasteiger partial charge in [0.2, 0.25) is 5.91 Å². The molecule has 0 saturated carbocycles. The lowest BCUT2D eigenvalue weighted by molar-refractivity contribution is -0.128. The summed E-state index contributed by atoms with van der Waals surface area (Å²) >= 11 is 13.4. The van der Waals surface area contributed by atoms with Gasteiger partial charge in [-0.1, -0.05) is 50.0 Å². The predicted molar refractivity (Wildman–Crippen MR) is 159 cm³/mol. The van der Waals surface area contributed by atoms with Crippen molar-refractivity contribution in [3.05, 3.63) is 80.8 Å². The Balaban J connectivity index is 1.66. The molecule has 0 aliphatic carbocycles. The number of hydrogen-bond donors (Lipinski definition) is 2. The van der Waals surface area contributed by atoms with Gasteiger partial charge in [0.15, 0.2) is 0 Å². The van der Waals surface area contributed by atoms with Crippen LogP contribution in [-0.2, 0) is 24.8 Å². The number of aromatic nitrogens is 3. The second-order valence-electron chi connectivity index (χ2n) is 10.6. The highest BCUT2D eigenvalue weighted by Crippen LogP contribution is 2.33. The minimum Gasteiger partial charge on any atom is -0.493 e. The number of nitrogens with zero attached hydrogens (tertiary/aromatic N) is 3. The molecule has 0 saturated heterocycles. The number of carbonyl (C=O) groups excluding carboxylic acids is 2. The summed E-state index contributed by atoms with van der Waals surface area (Å²) in [6.07, 6.45) is 1.96. The van der Waals surface area contributed by atoms with Crippen LogP contribution in [0, 0.1) is 12.3 Å². The molecule has 0 aliphatic rings. The molecule has 2 N–H and O–H groups in total. The number of benzene rings is 2. The zero-order valence-electron chi connectivity index (χ0n) is 23.5. The zero-order chi connectivity index (χ0) is 29.2. The molecule has 0 spiro atoms. The van der Waals surface area contributed by atoms with E-state index < -0.39 is 5.41 Å². The third-order valence-corrected chi connectivity index (χ3v) is 7.33. The van der Waals surface area contributed by atoms with Crippen LogP contribution in [0.3, 0.4) is 0 Å². The highest BCUT2D eigenvalue weighted by molar-refractivity contribution is 6.36. The molecule has 4 rings (SSSR count). The molecule has 0 atom stereocenters. The lowest BCUT2D eigenvalue weighted by Gasteiger charge is -2.18. The maximum Gasteiger partial charge on any atom is 0.259 e. The topological polar surface area (TPSA) is 98.1 Å². The van der Waals surface area contributed by atoms with Crippen molar-refractivity contribution in [1.82, 2.24) is 19.9 Å². The highest BCUT2D eigenvalue weighted by Gasteiger charge is 2.23. The van der Waals surface area contributed by atoms with E-state index in [1.165, 1.54) is 0 Å². The number of imidazole rings is 1. The number of aryl methyl sites for hydroxylation is 2. The molecule has 210 valence electrons. The van der Waals surface area contributed by atoms with Gasteiger partial charge in [0.1, 0.15) is 11.6 Å². The number of nitrogens with one attached hydrogen (secondary N) is 2. The standard InChI is InChI=1S/C30H33Cl2N5O3/c1-7-40-25-14-24-23(12-21(25)28(38)35-19-10-8-17(2)33-16-19)36-26(37(24)6)13-20-22(31)11-9-18(27(20)32)15-34-29(39)30(3,4)5/h8-12,14,16H,7,13,15H2,1-6H3,(H,34,39)(H,35,38). The van der Waals surface area contributed by atoms with Crippen molar-refractivity contribution in [3.63, 3.8) is 0 Å². The molecule has 4 aromatic rings. The van der Waals surface area contributed by atoms with Crippen molar-refractivity contribution in [3.8, 4) is 5.75 Å². The quantitative estimate of drug-likeness (QED) is 0.248. The van der Waals surface area contributed by atoms with Crippen LogP contribution in [0.1, 0.15) is 60.7 Å². The lowest BCUT2D eigenvalue weighted by atomic mass is 9.95. The van der Waals surface area contributed by atoms with Crippen molar-refractivity contribution in [2.45, 2.75) is 47.6 Å². The van der Waals surface area contributed by atoms with Crippen LogP contribution in [0.25, 0.3) is 11.0 Å². The Hall–Kier alpha value is -3.62. The number of fused-ring (bicyclic) bond motifs is 1. The number of hydrogen-bond acceptors (Lipinski definition) is 5. The Kier molecular flexibility index (Phi) is 8.71. The first-order chi connectivity index (χ1) is 18.9. The average Bonchev–Trinajstić information content (AvgIpc) is 3.20. The number of halogens is 2. The van der Waals surface area contributed by atoms with E-state index in [9.17, 15) is 9.59 Å². The van der Waals surface area contributed by atoms with Gasteiger partial charge in [0.05, 0.1) is 40.1 Å². The smallest absolute Gasteiger partial charge is 0.259 e. The van der Waals surface area contributed by atoms with Gasteiger partial charge in [-0.2, -0.15) is 0 Å². The average molecular weight is 583 g/mol. The van der Waals surface area contributed by atoms with Crippen molar-refractivity contribution in [2.75, 3.05) is 11.9 Å². The summed E-state index contributed by atoms with van der Waals surface area (Å²) in [5.74, 6) is 0.769. The van der Waals surface area contributed by atoms with Crippen LogP contribution >= 0.6 is 23.2 Å². The molecule has 0 aliphatic heterocycles. The summed E-state index contributed by atoms with van der Waals surface area (Å²) in [7, 11) is 1.90. The number of carbonyl (C=O) groups is 2. The number of anilines is 1. The molecule has 0 radical (unpaired) electrons. The maximum atomic E-state index is 13.2. The van der Waals surface area contributed by atoms with Crippen molar-refractivity contribution in [1.29, 1.82) is 0 Å². The second-order valence-corrected chi connectivity index (χ2v) is 11.4. The van der Waals surface area contributed by atoms with Crippen LogP contribution < -0.4 is 15.4 Å². The summed E-state index contributed by atoms with van der Waals surface area (Å²) in [5, 5.41) is 6.80. The molecular weight excluding hydrogens is 549 g/mol. The molecule has 0 unspecified atom stereocenters. The van der Waals surface area contributed by atoms with E-state index in [-0.39, 0.29) is 18.4 Å². The van der Waals surface area contributed by atoms with Crippen molar-refractivity contribution in [2.24, 2.45) is 12.5 Å². The first kappa shape index (κ1) is 29.4. The largest absolute Gasteiger partial charge is 0.493 e. The van der Waals surface area contributed by atoms with Crippen molar-refractivity contribution < 1.29 is 14.3 Å². The molecule has 2 aromatic carbocycles. The molecule has 2 amide bonds. The molecule has 0 fully saturated rings. The molecule has 40 heavy (non-hydrogen) atoms. The Morgan fingerprint density at radius 1 is 1.10 bits per heavy atom. The maximum absolute atomic E-state index is 13.2. The number of ether oxygens (including phenoxy) is 1. The summed E-state index contributed by atoms with van der Waals surface area (Å²) in [5.41, 5.74) is 4.20. The molecular formula is C30H33Cl2N5O3. The van der Waals surface area contributed by atoms with E-state index in [2.05, 4.69) is 15.6 Å². The molecule has 2 heterocycles. The van der Waals surface area contributed by atoms with E-state index in [1.54, 1.807) is 24.4 Å². The van der Waals surface area contributed by atoms with Gasteiger partial charge in [-0.3, -0.25) is 14.6 Å². The van der Waals surface area contributed by atoms with Crippen LogP contribution in [0.15, 0.2) is 42.6 Å². The molecule has 8 nitrogen and oxygen atoms in total. The SMILES string of the molecule is CCOc1cc2c(cc1C(=O)Nc1ccc(C)nc1)nc(Cc1c(Cl)ccc(CNC(=O)C(C)(C)C)c1Cl)n2C. The zero-order valence-corrected chi connectivity index (χ0v) is 25.0. The minimum absolute atomic E-state index is 0.0704. The van der Waals surface area contributed by atoms with E-state index in [0.717, 1.165) is 16.8 Å². The summed E-state index contributed by atoms with van der Waals surface area (Å²) < 4.78 is 7.77. The van der Waals surface area contributed by atoms with Gasteiger partial charge in [-0.05, 0) is 49.2 Å². The minimum atomic E-state index is -0.512. The summed E-state index contributed by atoms with van der Waals surface area (Å²) in [4.78, 5) is 34.6. The molecule has 10 heteroatoms. The van der Waals surface area contributed by atoms with Gasteiger partial charge < -0.3 is 19.9 Å². The number of amides is 2. The second kappa shape index (κ2) is 11.9. The highest BCUT2D eigenvalue weighted by atomic mass is 35.5. The molecule has 0 bridgehead atoms. The van der Waals surface area contributed by atoms with Gasteiger partial charge in [0, 0.05) is 42.2 Å². The monoisotopic (exact) mass is 581 g/mol. The summed E-state index contributed by atoms with van der Waals surface area (Å²) in [6, 6.07) is 10.8. The van der Waals surface area contributed by atoms with Crippen LogP contribution in [-0.4, -0.2) is 33.0 Å². The van der Waals surface area contributed by atoms with Gasteiger partial charge in [-0.15, -0.1) is 0 Å². The third kappa shape index (κ3) is 6.40. The fraction of sp³-hybridized carbons (Fsp3) is 0.333. The fourth-order valence-corrected chi connectivity index (χ4v) is 4.73. The fourth-order valence-electron chi connectivity index (χ4n) is 4.16. The molecule has 2 aromatic heterocycles. The van der Waals surface area contributed by atoms with Crippen LogP contribution in [0.2, 0.25) is 10.0 Å². The van der Waals surface area contributed by atoms with Crippen LogP contribution in [0.4, 0.5) is 5.69 Å². The van der Waals surface area contributed by atoms with Crippen LogP contribution in [0.5, 0.6) is 5.75 Å². The Morgan fingerprint density at radius 2 is 1.85 bits per heavy atom. The Bertz CT molecular complexity index is 1570. The van der Waals surface area contributed by atoms with Crippen molar-refractivity contribution >= 4 is 51.7 Å². The van der Waals surface area contributed by atoms with Gasteiger partial charge in [0.25, 0.3) is 5.91 Å². The Morgan fingerprint density at radius 3 is 2.50 bits per heavy atom.